The lowest BCUT2D eigenvalue weighted by Gasteiger charge is -2.09. The second-order valence-electron chi connectivity index (χ2n) is 3.50. The fourth-order valence-corrected chi connectivity index (χ4v) is 1.90. The van der Waals surface area contributed by atoms with Crippen LogP contribution in [0.15, 0.2) is 11.4 Å². The van der Waals surface area contributed by atoms with Gasteiger partial charge in [0.25, 0.3) is 0 Å². The number of ketones is 1. The molecule has 0 saturated carbocycles. The van der Waals surface area contributed by atoms with Crippen LogP contribution in [0.25, 0.3) is 0 Å². The molecule has 0 aliphatic heterocycles. The highest BCUT2D eigenvalue weighted by Crippen LogP contribution is 2.15. The number of hydrogen-bond acceptors (Lipinski definition) is 3. The second-order valence-corrected chi connectivity index (χ2v) is 4.62. The highest BCUT2D eigenvalue weighted by Gasteiger charge is 2.10. The first kappa shape index (κ1) is 11.4. The number of thiophene rings is 1. The molecule has 0 radical (unpaired) electrons. The van der Waals surface area contributed by atoms with Gasteiger partial charge >= 0.3 is 0 Å². The average molecular weight is 211 g/mol. The topological polar surface area (TPSA) is 29.1 Å². The van der Waals surface area contributed by atoms with Crippen LogP contribution in [0.5, 0.6) is 0 Å². The lowest BCUT2D eigenvalue weighted by Crippen LogP contribution is -2.30. The minimum absolute atomic E-state index is 0.198. The number of nitrogens with one attached hydrogen (secondary N) is 1. The van der Waals surface area contributed by atoms with E-state index in [-0.39, 0.29) is 5.78 Å². The third-order valence-corrected chi connectivity index (χ3v) is 3.23. The number of rotatable bonds is 5. The van der Waals surface area contributed by atoms with Crippen molar-refractivity contribution in [3.05, 3.63) is 21.9 Å². The van der Waals surface area contributed by atoms with E-state index in [1.807, 2.05) is 18.4 Å². The van der Waals surface area contributed by atoms with Gasteiger partial charge in [0.2, 0.25) is 0 Å². The molecule has 78 valence electrons. The second kappa shape index (κ2) is 5.27. The molecular weight excluding hydrogens is 194 g/mol. The Morgan fingerprint density at radius 3 is 2.86 bits per heavy atom. The molecule has 14 heavy (non-hydrogen) atoms. The first-order valence-electron chi connectivity index (χ1n) is 4.95. The highest BCUT2D eigenvalue weighted by atomic mass is 32.1. The van der Waals surface area contributed by atoms with Crippen LogP contribution in [0.4, 0.5) is 0 Å². The monoisotopic (exact) mass is 211 g/mol. The van der Waals surface area contributed by atoms with E-state index >= 15 is 0 Å². The van der Waals surface area contributed by atoms with Crippen LogP contribution in [-0.2, 0) is 0 Å². The lowest BCUT2D eigenvalue weighted by atomic mass is 10.1. The molecule has 1 N–H and O–H groups in total. The Labute approximate surface area is 89.3 Å². The van der Waals surface area contributed by atoms with Gasteiger partial charge in [-0.2, -0.15) is 0 Å². The molecule has 1 aromatic rings. The van der Waals surface area contributed by atoms with E-state index in [9.17, 15) is 4.79 Å². The van der Waals surface area contributed by atoms with E-state index in [1.54, 1.807) is 11.3 Å². The van der Waals surface area contributed by atoms with Gasteiger partial charge in [0.05, 0.1) is 6.54 Å². The molecule has 0 aromatic carbocycles. The Bertz CT molecular complexity index is 306. The summed E-state index contributed by atoms with van der Waals surface area (Å²) in [6, 6.07) is 2.32. The molecular formula is C11H17NOS. The minimum atomic E-state index is 0.198. The van der Waals surface area contributed by atoms with Crippen molar-refractivity contribution in [3.63, 3.8) is 0 Å². The van der Waals surface area contributed by atoms with Gasteiger partial charge in [-0.25, -0.2) is 0 Å². The van der Waals surface area contributed by atoms with Gasteiger partial charge in [0.15, 0.2) is 5.78 Å². The van der Waals surface area contributed by atoms with Gasteiger partial charge in [0, 0.05) is 16.5 Å². The standard InChI is InChI=1S/C11H17NOS/c1-4-8(2)12-7-11(13)10-5-6-14-9(10)3/h5-6,8,12H,4,7H2,1-3H3. The maximum Gasteiger partial charge on any atom is 0.177 e. The predicted molar refractivity (Wildman–Crippen MR) is 61.1 cm³/mol. The summed E-state index contributed by atoms with van der Waals surface area (Å²) in [5.41, 5.74) is 0.866. The SMILES string of the molecule is CCC(C)NCC(=O)c1ccsc1C. The van der Waals surface area contributed by atoms with Crippen molar-refractivity contribution in [3.8, 4) is 0 Å². The van der Waals surface area contributed by atoms with E-state index in [0.29, 0.717) is 12.6 Å². The van der Waals surface area contributed by atoms with Crippen LogP contribution in [0.2, 0.25) is 0 Å². The van der Waals surface area contributed by atoms with Crippen LogP contribution in [0.3, 0.4) is 0 Å². The van der Waals surface area contributed by atoms with E-state index < -0.39 is 0 Å². The molecule has 1 unspecified atom stereocenters. The zero-order valence-corrected chi connectivity index (χ0v) is 9.78. The molecule has 0 amide bonds. The number of carbonyl (C=O) groups is 1. The summed E-state index contributed by atoms with van der Waals surface area (Å²) in [6.45, 7) is 6.64. The first-order valence-corrected chi connectivity index (χ1v) is 5.83. The summed E-state index contributed by atoms with van der Waals surface area (Å²) >= 11 is 1.62. The quantitative estimate of drug-likeness (QED) is 0.759. The average Bonchev–Trinajstić information content (AvgIpc) is 2.60. The van der Waals surface area contributed by atoms with Crippen molar-refractivity contribution in [1.29, 1.82) is 0 Å². The van der Waals surface area contributed by atoms with Gasteiger partial charge in [-0.15, -0.1) is 11.3 Å². The Balaban J connectivity index is 2.47. The fraction of sp³-hybridized carbons (Fsp3) is 0.545. The zero-order valence-electron chi connectivity index (χ0n) is 8.96. The van der Waals surface area contributed by atoms with Gasteiger partial charge in [-0.1, -0.05) is 6.92 Å². The number of hydrogen-bond donors (Lipinski definition) is 1. The Morgan fingerprint density at radius 2 is 2.36 bits per heavy atom. The number of carbonyl (C=O) groups excluding carboxylic acids is 1. The Morgan fingerprint density at radius 1 is 1.64 bits per heavy atom. The Hall–Kier alpha value is -0.670. The summed E-state index contributed by atoms with van der Waals surface area (Å²) in [5.74, 6) is 0.198. The van der Waals surface area contributed by atoms with Crippen molar-refractivity contribution in [2.24, 2.45) is 0 Å². The lowest BCUT2D eigenvalue weighted by molar-refractivity contribution is 0.0987. The van der Waals surface area contributed by atoms with Crippen LogP contribution in [0.1, 0.15) is 35.5 Å². The van der Waals surface area contributed by atoms with Crippen molar-refractivity contribution < 1.29 is 4.79 Å². The maximum absolute atomic E-state index is 11.7. The molecule has 2 nitrogen and oxygen atoms in total. The van der Waals surface area contributed by atoms with Gasteiger partial charge in [-0.3, -0.25) is 4.79 Å². The Kier molecular flexibility index (Phi) is 4.29. The van der Waals surface area contributed by atoms with E-state index in [2.05, 4.69) is 19.2 Å². The highest BCUT2D eigenvalue weighted by molar-refractivity contribution is 7.10. The summed E-state index contributed by atoms with van der Waals surface area (Å²) in [5, 5.41) is 5.17. The van der Waals surface area contributed by atoms with Gasteiger partial charge in [-0.05, 0) is 31.7 Å². The molecule has 1 rings (SSSR count). The van der Waals surface area contributed by atoms with E-state index in [0.717, 1.165) is 16.9 Å². The van der Waals surface area contributed by atoms with Crippen LogP contribution < -0.4 is 5.32 Å². The zero-order chi connectivity index (χ0) is 10.6. The largest absolute Gasteiger partial charge is 0.307 e. The fourth-order valence-electron chi connectivity index (χ4n) is 1.18. The van der Waals surface area contributed by atoms with Crippen LogP contribution >= 0.6 is 11.3 Å². The van der Waals surface area contributed by atoms with Crippen LogP contribution in [0, 0.1) is 6.92 Å². The molecule has 0 bridgehead atoms. The van der Waals surface area contributed by atoms with Crippen molar-refractivity contribution in [2.75, 3.05) is 6.54 Å². The summed E-state index contributed by atoms with van der Waals surface area (Å²) < 4.78 is 0. The normalized spacial score (nSPS) is 12.8. The summed E-state index contributed by atoms with van der Waals surface area (Å²) in [4.78, 5) is 12.8. The molecule has 0 spiro atoms. The van der Waals surface area contributed by atoms with Crippen molar-refractivity contribution in [2.45, 2.75) is 33.2 Å². The predicted octanol–water partition coefficient (Wildman–Crippen LogP) is 2.63. The molecule has 1 aromatic heterocycles. The van der Waals surface area contributed by atoms with Crippen molar-refractivity contribution >= 4 is 17.1 Å². The smallest absolute Gasteiger partial charge is 0.177 e. The van der Waals surface area contributed by atoms with Crippen molar-refractivity contribution in [1.82, 2.24) is 5.32 Å². The molecule has 1 atom stereocenters. The van der Waals surface area contributed by atoms with Gasteiger partial charge < -0.3 is 5.32 Å². The first-order chi connectivity index (χ1) is 6.65. The number of Topliss-reactive ketones (excluding diaryl/α,β-unsaturated/α-hetero) is 1. The third kappa shape index (κ3) is 2.93. The molecule has 0 aliphatic carbocycles. The molecule has 1 heterocycles. The maximum atomic E-state index is 11.7. The molecule has 0 saturated heterocycles. The molecule has 0 aliphatic rings. The van der Waals surface area contributed by atoms with E-state index in [1.165, 1.54) is 0 Å². The summed E-state index contributed by atoms with van der Waals surface area (Å²) in [7, 11) is 0. The number of aryl methyl sites for hydroxylation is 1. The van der Waals surface area contributed by atoms with E-state index in [4.69, 9.17) is 0 Å². The molecule has 3 heteroatoms. The van der Waals surface area contributed by atoms with Gasteiger partial charge in [0.1, 0.15) is 0 Å². The summed E-state index contributed by atoms with van der Waals surface area (Å²) in [6.07, 6.45) is 1.05. The van der Waals surface area contributed by atoms with Crippen LogP contribution in [-0.4, -0.2) is 18.4 Å². The minimum Gasteiger partial charge on any atom is -0.307 e. The third-order valence-electron chi connectivity index (χ3n) is 2.38. The molecule has 0 fully saturated rings.